The Morgan fingerprint density at radius 3 is 2.72 bits per heavy atom. The molecule has 0 saturated heterocycles. The second-order valence-corrected chi connectivity index (χ2v) is 5.97. The molecule has 0 radical (unpaired) electrons. The molecule has 8 heteroatoms. The van der Waals surface area contributed by atoms with Gasteiger partial charge in [0.05, 0.1) is 0 Å². The summed E-state index contributed by atoms with van der Waals surface area (Å²) in [5, 5.41) is 12.6. The van der Waals surface area contributed by atoms with Crippen LogP contribution in [-0.2, 0) is 17.9 Å². The van der Waals surface area contributed by atoms with Gasteiger partial charge in [0.1, 0.15) is 12.4 Å². The van der Waals surface area contributed by atoms with Crippen LogP contribution >= 0.6 is 11.6 Å². The van der Waals surface area contributed by atoms with Gasteiger partial charge in [0.2, 0.25) is 11.7 Å². The van der Waals surface area contributed by atoms with Gasteiger partial charge in [-0.25, -0.2) is 4.39 Å². The van der Waals surface area contributed by atoms with Gasteiger partial charge >= 0.3 is 0 Å². The van der Waals surface area contributed by atoms with E-state index in [2.05, 4.69) is 15.4 Å². The van der Waals surface area contributed by atoms with Crippen molar-refractivity contribution in [3.63, 3.8) is 0 Å². The van der Waals surface area contributed by atoms with E-state index in [1.54, 1.807) is 37.4 Å². The van der Waals surface area contributed by atoms with Crippen LogP contribution < -0.4 is 0 Å². The molecule has 0 aliphatic heterocycles. The molecule has 0 bridgehead atoms. The van der Waals surface area contributed by atoms with Crippen molar-refractivity contribution >= 4 is 17.5 Å². The van der Waals surface area contributed by atoms with Crippen LogP contribution in [0.4, 0.5) is 4.39 Å². The molecule has 0 saturated carbocycles. The average molecular weight is 360 g/mol. The molecule has 0 atom stereocenters. The van der Waals surface area contributed by atoms with Crippen molar-refractivity contribution in [2.24, 2.45) is 0 Å². The van der Waals surface area contributed by atoms with Gasteiger partial charge in [-0.3, -0.25) is 4.79 Å². The maximum absolute atomic E-state index is 12.9. The molecule has 1 amide bonds. The first-order valence-corrected chi connectivity index (χ1v) is 7.91. The lowest BCUT2D eigenvalue weighted by Crippen LogP contribution is -2.30. The molecule has 1 heterocycles. The van der Waals surface area contributed by atoms with Crippen molar-refractivity contribution in [2.45, 2.75) is 13.1 Å². The number of carbonyl (C=O) groups is 1. The first-order chi connectivity index (χ1) is 12.0. The predicted molar refractivity (Wildman–Crippen MR) is 91.1 cm³/mol. The van der Waals surface area contributed by atoms with Gasteiger partial charge in [-0.1, -0.05) is 35.9 Å². The molecular formula is C17H15ClFN5O. The molecule has 25 heavy (non-hydrogen) atoms. The van der Waals surface area contributed by atoms with E-state index in [-0.39, 0.29) is 18.3 Å². The highest BCUT2D eigenvalue weighted by Gasteiger charge is 2.13. The van der Waals surface area contributed by atoms with Crippen molar-refractivity contribution in [1.82, 2.24) is 25.1 Å². The van der Waals surface area contributed by atoms with Crippen molar-refractivity contribution < 1.29 is 9.18 Å². The Morgan fingerprint density at radius 2 is 2.00 bits per heavy atom. The number of nitrogens with zero attached hydrogens (tertiary/aromatic N) is 5. The van der Waals surface area contributed by atoms with Crippen LogP contribution in [0.5, 0.6) is 0 Å². The quantitative estimate of drug-likeness (QED) is 0.702. The second kappa shape index (κ2) is 7.40. The highest BCUT2D eigenvalue weighted by molar-refractivity contribution is 6.30. The summed E-state index contributed by atoms with van der Waals surface area (Å²) in [5.41, 5.74) is 1.56. The number of benzene rings is 2. The third-order valence-electron chi connectivity index (χ3n) is 3.57. The number of hydrogen-bond donors (Lipinski definition) is 0. The Labute approximate surface area is 148 Å². The van der Waals surface area contributed by atoms with Crippen LogP contribution in [0.3, 0.4) is 0 Å². The summed E-state index contributed by atoms with van der Waals surface area (Å²) in [6, 6.07) is 13.1. The third kappa shape index (κ3) is 4.39. The summed E-state index contributed by atoms with van der Waals surface area (Å²) in [4.78, 5) is 15.0. The van der Waals surface area contributed by atoms with E-state index in [1.807, 2.05) is 6.07 Å². The second-order valence-electron chi connectivity index (χ2n) is 5.53. The fourth-order valence-electron chi connectivity index (χ4n) is 2.25. The summed E-state index contributed by atoms with van der Waals surface area (Å²) < 4.78 is 12.9. The van der Waals surface area contributed by atoms with Gasteiger partial charge in [-0.05, 0) is 35.0 Å². The third-order valence-corrected chi connectivity index (χ3v) is 3.81. The van der Waals surface area contributed by atoms with Crippen LogP contribution in [0, 0.1) is 5.82 Å². The van der Waals surface area contributed by atoms with Crippen LogP contribution in [0.25, 0.3) is 11.4 Å². The number of tetrazole rings is 1. The average Bonchev–Trinajstić information content (AvgIpc) is 3.05. The molecule has 0 aliphatic rings. The topological polar surface area (TPSA) is 63.9 Å². The van der Waals surface area contributed by atoms with E-state index in [9.17, 15) is 9.18 Å². The molecule has 1 aromatic heterocycles. The maximum atomic E-state index is 12.9. The number of rotatable bonds is 5. The molecule has 3 rings (SSSR count). The predicted octanol–water partition coefficient (Wildman–Crippen LogP) is 2.79. The SMILES string of the molecule is CN(Cc1ccc(F)cc1)C(=O)Cn1nnc(-c2cccc(Cl)c2)n1. The molecule has 0 unspecified atom stereocenters. The molecule has 0 fully saturated rings. The van der Waals surface area contributed by atoms with Crippen LogP contribution in [0.1, 0.15) is 5.56 Å². The van der Waals surface area contributed by atoms with E-state index in [4.69, 9.17) is 11.6 Å². The first-order valence-electron chi connectivity index (χ1n) is 7.53. The van der Waals surface area contributed by atoms with Crippen molar-refractivity contribution in [3.05, 3.63) is 64.9 Å². The molecular weight excluding hydrogens is 345 g/mol. The van der Waals surface area contributed by atoms with Gasteiger partial charge in [0.25, 0.3) is 0 Å². The maximum Gasteiger partial charge on any atom is 0.246 e. The molecule has 128 valence electrons. The van der Waals surface area contributed by atoms with Gasteiger partial charge in [-0.2, -0.15) is 4.80 Å². The zero-order valence-corrected chi connectivity index (χ0v) is 14.2. The van der Waals surface area contributed by atoms with E-state index in [0.717, 1.165) is 11.1 Å². The molecule has 3 aromatic rings. The van der Waals surface area contributed by atoms with E-state index < -0.39 is 0 Å². The van der Waals surface area contributed by atoms with Crippen LogP contribution in [0.2, 0.25) is 5.02 Å². The van der Waals surface area contributed by atoms with E-state index >= 15 is 0 Å². The molecule has 6 nitrogen and oxygen atoms in total. The van der Waals surface area contributed by atoms with Crippen molar-refractivity contribution in [3.8, 4) is 11.4 Å². The smallest absolute Gasteiger partial charge is 0.246 e. The van der Waals surface area contributed by atoms with Gasteiger partial charge < -0.3 is 4.90 Å². The number of amides is 1. The van der Waals surface area contributed by atoms with Crippen molar-refractivity contribution in [2.75, 3.05) is 7.05 Å². The Kier molecular flexibility index (Phi) is 5.04. The summed E-state index contributed by atoms with van der Waals surface area (Å²) in [5.74, 6) is -0.0889. The zero-order valence-electron chi connectivity index (χ0n) is 13.4. The lowest BCUT2D eigenvalue weighted by atomic mass is 10.2. The summed E-state index contributed by atoms with van der Waals surface area (Å²) in [6.07, 6.45) is 0. The Hall–Kier alpha value is -2.80. The van der Waals surface area contributed by atoms with Crippen LogP contribution in [0.15, 0.2) is 48.5 Å². The lowest BCUT2D eigenvalue weighted by Gasteiger charge is -2.16. The van der Waals surface area contributed by atoms with Gasteiger partial charge in [0.15, 0.2) is 0 Å². The highest BCUT2D eigenvalue weighted by Crippen LogP contribution is 2.18. The molecule has 2 aromatic carbocycles. The van der Waals surface area contributed by atoms with E-state index in [1.165, 1.54) is 21.8 Å². The largest absolute Gasteiger partial charge is 0.340 e. The van der Waals surface area contributed by atoms with Crippen LogP contribution in [-0.4, -0.2) is 38.1 Å². The van der Waals surface area contributed by atoms with Gasteiger partial charge in [-0.15, -0.1) is 10.2 Å². The normalized spacial score (nSPS) is 10.7. The summed E-state index contributed by atoms with van der Waals surface area (Å²) in [7, 11) is 1.67. The molecule has 0 spiro atoms. The fourth-order valence-corrected chi connectivity index (χ4v) is 2.44. The number of hydrogen-bond acceptors (Lipinski definition) is 4. The minimum atomic E-state index is -0.307. The lowest BCUT2D eigenvalue weighted by molar-refractivity contribution is -0.131. The zero-order chi connectivity index (χ0) is 17.8. The van der Waals surface area contributed by atoms with E-state index in [0.29, 0.717) is 17.4 Å². The number of likely N-dealkylation sites (N-methyl/N-ethyl adjacent to an activating group) is 1. The molecule has 0 aliphatic carbocycles. The number of halogens is 2. The fraction of sp³-hybridized carbons (Fsp3) is 0.176. The molecule has 0 N–H and O–H groups in total. The Morgan fingerprint density at radius 1 is 1.24 bits per heavy atom. The minimum absolute atomic E-state index is 0.0364. The summed E-state index contributed by atoms with van der Waals surface area (Å²) >= 11 is 5.95. The summed E-state index contributed by atoms with van der Waals surface area (Å²) in [6.45, 7) is 0.334. The van der Waals surface area contributed by atoms with Crippen molar-refractivity contribution in [1.29, 1.82) is 0 Å². The number of carbonyl (C=O) groups excluding carboxylic acids is 1. The number of aromatic nitrogens is 4. The Balaban J connectivity index is 1.64. The monoisotopic (exact) mass is 359 g/mol. The standard InChI is InChI=1S/C17H15ClFN5O/c1-23(10-12-5-7-15(19)8-6-12)16(25)11-24-21-17(20-22-24)13-3-2-4-14(18)9-13/h2-9H,10-11H2,1H3. The van der Waals surface area contributed by atoms with Gasteiger partial charge in [0, 0.05) is 24.2 Å². The Bertz CT molecular complexity index is 881. The highest BCUT2D eigenvalue weighted by atomic mass is 35.5. The minimum Gasteiger partial charge on any atom is -0.340 e. The first kappa shape index (κ1) is 17.0.